The highest BCUT2D eigenvalue weighted by atomic mass is 35.5. The third-order valence-corrected chi connectivity index (χ3v) is 3.53. The summed E-state index contributed by atoms with van der Waals surface area (Å²) in [5.74, 6) is -0.370. The van der Waals surface area contributed by atoms with Gasteiger partial charge in [-0.1, -0.05) is 30.7 Å². The molecule has 2 aromatic rings. The molecule has 0 saturated heterocycles. The predicted octanol–water partition coefficient (Wildman–Crippen LogP) is 3.57. The fourth-order valence-corrected chi connectivity index (χ4v) is 2.03. The molecule has 2 rings (SSSR count). The summed E-state index contributed by atoms with van der Waals surface area (Å²) in [6.45, 7) is 2.03. The van der Waals surface area contributed by atoms with E-state index in [1.54, 1.807) is 12.1 Å². The lowest BCUT2D eigenvalue weighted by atomic mass is 10.1. The first kappa shape index (κ1) is 16.6. The number of nitro benzene ring substituents is 1. The number of hydrazone groups is 1. The zero-order valence-corrected chi connectivity index (χ0v) is 13.1. The molecule has 0 atom stereocenters. The Morgan fingerprint density at radius 2 is 2.00 bits per heavy atom. The van der Waals surface area contributed by atoms with Gasteiger partial charge in [0.05, 0.1) is 11.1 Å². The molecule has 0 spiro atoms. The van der Waals surface area contributed by atoms with Crippen molar-refractivity contribution in [3.05, 3.63) is 74.3 Å². The number of benzene rings is 2. The van der Waals surface area contributed by atoms with Crippen LogP contribution in [0.1, 0.15) is 28.4 Å². The molecular weight excluding hydrogens is 318 g/mol. The van der Waals surface area contributed by atoms with Crippen LogP contribution in [0.5, 0.6) is 0 Å². The van der Waals surface area contributed by atoms with Gasteiger partial charge in [0.15, 0.2) is 0 Å². The maximum Gasteiger partial charge on any atom is 0.271 e. The summed E-state index contributed by atoms with van der Waals surface area (Å²) < 4.78 is 0. The average Bonchev–Trinajstić information content (AvgIpc) is 2.56. The first-order valence-electron chi connectivity index (χ1n) is 6.87. The molecule has 23 heavy (non-hydrogen) atoms. The Balaban J connectivity index is 2.07. The molecule has 0 aliphatic heterocycles. The highest BCUT2D eigenvalue weighted by molar-refractivity contribution is 6.33. The van der Waals surface area contributed by atoms with E-state index < -0.39 is 4.92 Å². The molecule has 0 unspecified atom stereocenters. The summed E-state index contributed by atoms with van der Waals surface area (Å²) in [4.78, 5) is 22.1. The van der Waals surface area contributed by atoms with Gasteiger partial charge in [0.1, 0.15) is 0 Å². The summed E-state index contributed by atoms with van der Waals surface area (Å²) >= 11 is 5.94. The van der Waals surface area contributed by atoms with Crippen LogP contribution in [0, 0.1) is 10.1 Å². The van der Waals surface area contributed by atoms with Crippen LogP contribution in [0.3, 0.4) is 0 Å². The van der Waals surface area contributed by atoms with Crippen molar-refractivity contribution < 1.29 is 9.72 Å². The number of amides is 1. The van der Waals surface area contributed by atoms with Crippen molar-refractivity contribution in [2.75, 3.05) is 0 Å². The topological polar surface area (TPSA) is 84.6 Å². The van der Waals surface area contributed by atoms with Crippen LogP contribution in [0.15, 0.2) is 47.6 Å². The third-order valence-electron chi connectivity index (χ3n) is 3.18. The minimum atomic E-state index is -0.526. The molecule has 1 N–H and O–H groups in total. The molecule has 0 saturated carbocycles. The SMILES string of the molecule is CCc1ccc(C(=O)N/N=C\c2cc([N+](=O)[O-])ccc2Cl)cc1. The van der Waals surface area contributed by atoms with Gasteiger partial charge in [0.2, 0.25) is 0 Å². The number of hydrogen-bond donors (Lipinski definition) is 1. The van der Waals surface area contributed by atoms with Gasteiger partial charge in [-0.2, -0.15) is 5.10 Å². The van der Waals surface area contributed by atoms with Crippen LogP contribution in [-0.4, -0.2) is 17.0 Å². The first-order valence-corrected chi connectivity index (χ1v) is 7.25. The lowest BCUT2D eigenvalue weighted by Crippen LogP contribution is -2.17. The third kappa shape index (κ3) is 4.37. The Bertz CT molecular complexity index is 758. The normalized spacial score (nSPS) is 10.7. The lowest BCUT2D eigenvalue weighted by molar-refractivity contribution is -0.384. The van der Waals surface area contributed by atoms with Crippen LogP contribution < -0.4 is 5.43 Å². The van der Waals surface area contributed by atoms with Gasteiger partial charge < -0.3 is 0 Å². The van der Waals surface area contributed by atoms with Crippen molar-refractivity contribution >= 4 is 29.4 Å². The van der Waals surface area contributed by atoms with E-state index >= 15 is 0 Å². The Labute approximate surface area is 137 Å². The number of nitrogens with zero attached hydrogens (tertiary/aromatic N) is 2. The molecule has 6 nitrogen and oxygen atoms in total. The smallest absolute Gasteiger partial charge is 0.267 e. The molecular formula is C16H14ClN3O3. The summed E-state index contributed by atoms with van der Waals surface area (Å²) in [5, 5.41) is 14.8. The molecule has 0 aliphatic carbocycles. The Morgan fingerprint density at radius 3 is 2.61 bits per heavy atom. The van der Waals surface area contributed by atoms with Gasteiger partial charge in [-0.05, 0) is 30.2 Å². The quantitative estimate of drug-likeness (QED) is 0.516. The highest BCUT2D eigenvalue weighted by Gasteiger charge is 2.08. The molecule has 0 heterocycles. The second-order valence-electron chi connectivity index (χ2n) is 4.71. The van der Waals surface area contributed by atoms with E-state index in [0.717, 1.165) is 12.0 Å². The molecule has 118 valence electrons. The van der Waals surface area contributed by atoms with Gasteiger partial charge in [0, 0.05) is 28.3 Å². The van der Waals surface area contributed by atoms with Crippen molar-refractivity contribution in [2.24, 2.45) is 5.10 Å². The van der Waals surface area contributed by atoms with Gasteiger partial charge in [-0.3, -0.25) is 14.9 Å². The highest BCUT2D eigenvalue weighted by Crippen LogP contribution is 2.20. The fraction of sp³-hybridized carbons (Fsp3) is 0.125. The average molecular weight is 332 g/mol. The number of nitrogens with one attached hydrogen (secondary N) is 1. The van der Waals surface area contributed by atoms with Crippen LogP contribution in [0.4, 0.5) is 5.69 Å². The van der Waals surface area contributed by atoms with Gasteiger partial charge in [0.25, 0.3) is 11.6 Å². The standard InChI is InChI=1S/C16H14ClN3O3/c1-2-11-3-5-12(6-4-11)16(21)19-18-10-13-9-14(20(22)23)7-8-15(13)17/h3-10H,2H2,1H3,(H,19,21)/b18-10-. The van der Waals surface area contributed by atoms with Crippen molar-refractivity contribution in [3.8, 4) is 0 Å². The van der Waals surface area contributed by atoms with E-state index in [1.165, 1.54) is 24.4 Å². The lowest BCUT2D eigenvalue weighted by Gasteiger charge is -2.02. The van der Waals surface area contributed by atoms with Gasteiger partial charge in [-0.25, -0.2) is 5.43 Å². The van der Waals surface area contributed by atoms with Crippen LogP contribution in [0.25, 0.3) is 0 Å². The monoisotopic (exact) mass is 331 g/mol. The van der Waals surface area contributed by atoms with Gasteiger partial charge in [-0.15, -0.1) is 0 Å². The van der Waals surface area contributed by atoms with E-state index in [-0.39, 0.29) is 11.6 Å². The molecule has 1 amide bonds. The molecule has 0 aromatic heterocycles. The van der Waals surface area contributed by atoms with Gasteiger partial charge >= 0.3 is 0 Å². The number of nitro groups is 1. The zero-order valence-electron chi connectivity index (χ0n) is 12.3. The van der Waals surface area contributed by atoms with E-state index in [9.17, 15) is 14.9 Å². The molecule has 0 bridgehead atoms. The molecule has 7 heteroatoms. The van der Waals surface area contributed by atoms with Crippen LogP contribution in [-0.2, 0) is 6.42 Å². The number of rotatable bonds is 5. The summed E-state index contributed by atoms with van der Waals surface area (Å²) in [7, 11) is 0. The minimum absolute atomic E-state index is 0.0997. The number of carbonyl (C=O) groups excluding carboxylic acids is 1. The first-order chi connectivity index (χ1) is 11.0. The Kier molecular flexibility index (Phi) is 5.43. The second kappa shape index (κ2) is 7.51. The van der Waals surface area contributed by atoms with E-state index in [1.807, 2.05) is 19.1 Å². The van der Waals surface area contributed by atoms with Crippen molar-refractivity contribution in [1.29, 1.82) is 0 Å². The van der Waals surface area contributed by atoms with Crippen molar-refractivity contribution in [3.63, 3.8) is 0 Å². The Hall–Kier alpha value is -2.73. The maximum absolute atomic E-state index is 11.9. The fourth-order valence-electron chi connectivity index (χ4n) is 1.86. The number of non-ortho nitro benzene ring substituents is 1. The number of halogens is 1. The largest absolute Gasteiger partial charge is 0.271 e. The molecule has 0 aliphatic rings. The summed E-state index contributed by atoms with van der Waals surface area (Å²) in [6, 6.07) is 11.2. The number of hydrogen-bond acceptors (Lipinski definition) is 4. The van der Waals surface area contributed by atoms with Crippen molar-refractivity contribution in [2.45, 2.75) is 13.3 Å². The Morgan fingerprint density at radius 1 is 1.30 bits per heavy atom. The minimum Gasteiger partial charge on any atom is -0.267 e. The molecule has 2 aromatic carbocycles. The van der Waals surface area contributed by atoms with Crippen LogP contribution in [0.2, 0.25) is 5.02 Å². The summed E-state index contributed by atoms with van der Waals surface area (Å²) in [6.07, 6.45) is 2.17. The van der Waals surface area contributed by atoms with Crippen LogP contribution >= 0.6 is 11.6 Å². The number of carbonyl (C=O) groups is 1. The number of aryl methyl sites for hydroxylation is 1. The maximum atomic E-state index is 11.9. The molecule has 0 fully saturated rings. The zero-order chi connectivity index (χ0) is 16.8. The van der Waals surface area contributed by atoms with E-state index in [4.69, 9.17) is 11.6 Å². The van der Waals surface area contributed by atoms with Crippen molar-refractivity contribution in [1.82, 2.24) is 5.43 Å². The summed E-state index contributed by atoms with van der Waals surface area (Å²) in [5.41, 5.74) is 4.22. The molecule has 0 radical (unpaired) electrons. The van der Waals surface area contributed by atoms with E-state index in [2.05, 4.69) is 10.5 Å². The second-order valence-corrected chi connectivity index (χ2v) is 5.12. The predicted molar refractivity (Wildman–Crippen MR) is 89.0 cm³/mol. The van der Waals surface area contributed by atoms with E-state index in [0.29, 0.717) is 16.1 Å².